The Morgan fingerprint density at radius 1 is 1.73 bits per heavy atom. The van der Waals surface area contributed by atoms with Gasteiger partial charge in [0.25, 0.3) is 0 Å². The van der Waals surface area contributed by atoms with Gasteiger partial charge in [-0.15, -0.1) is 6.58 Å². The number of hydrogen-bond donors (Lipinski definition) is 0. The van der Waals surface area contributed by atoms with E-state index in [0.717, 1.165) is 5.56 Å². The summed E-state index contributed by atoms with van der Waals surface area (Å²) in [5.74, 6) is 0.212. The van der Waals surface area contributed by atoms with E-state index in [2.05, 4.69) is 16.5 Å². The van der Waals surface area contributed by atoms with Gasteiger partial charge in [-0.25, -0.2) is 9.97 Å². The van der Waals surface area contributed by atoms with Crippen LogP contribution < -0.4 is 0 Å². The lowest BCUT2D eigenvalue weighted by Crippen LogP contribution is -1.93. The minimum Gasteiger partial charge on any atom is -0.244 e. The molecule has 1 atom stereocenters. The highest BCUT2D eigenvalue weighted by atomic mass is 35.5. The first-order valence-electron chi connectivity index (χ1n) is 3.33. The summed E-state index contributed by atoms with van der Waals surface area (Å²) in [4.78, 5) is 7.73. The second kappa shape index (κ2) is 3.49. The molecular weight excluding hydrogens is 160 g/mol. The summed E-state index contributed by atoms with van der Waals surface area (Å²) in [7, 11) is 0. The zero-order valence-electron chi connectivity index (χ0n) is 6.29. The predicted octanol–water partition coefficient (Wildman–Crippen LogP) is 2.42. The molecule has 2 nitrogen and oxygen atoms in total. The van der Waals surface area contributed by atoms with Crippen LogP contribution in [0, 0.1) is 0 Å². The molecule has 58 valence electrons. The third-order valence-electron chi connectivity index (χ3n) is 1.53. The lowest BCUT2D eigenvalue weighted by molar-refractivity contribution is 0.934. The fourth-order valence-corrected chi connectivity index (χ4v) is 1.02. The first-order chi connectivity index (χ1) is 5.25. The van der Waals surface area contributed by atoms with E-state index in [-0.39, 0.29) is 5.92 Å². The Morgan fingerprint density at radius 2 is 2.45 bits per heavy atom. The van der Waals surface area contributed by atoms with Crippen LogP contribution in [-0.4, -0.2) is 9.97 Å². The van der Waals surface area contributed by atoms with Crippen LogP contribution in [0.1, 0.15) is 18.4 Å². The monoisotopic (exact) mass is 168 g/mol. The smallest absolute Gasteiger partial charge is 0.136 e. The van der Waals surface area contributed by atoms with Crippen molar-refractivity contribution in [2.75, 3.05) is 0 Å². The molecule has 1 aromatic rings. The second-order valence-corrected chi connectivity index (χ2v) is 2.65. The lowest BCUT2D eigenvalue weighted by Gasteiger charge is -2.05. The summed E-state index contributed by atoms with van der Waals surface area (Å²) in [6.45, 7) is 5.66. The van der Waals surface area contributed by atoms with Crippen molar-refractivity contribution < 1.29 is 0 Å². The highest BCUT2D eigenvalue weighted by Gasteiger charge is 2.05. The van der Waals surface area contributed by atoms with Crippen molar-refractivity contribution in [3.05, 3.63) is 35.9 Å². The first-order valence-corrected chi connectivity index (χ1v) is 3.71. The average molecular weight is 169 g/mol. The molecule has 0 fully saturated rings. The summed E-state index contributed by atoms with van der Waals surface area (Å²) in [5, 5.41) is 0.507. The van der Waals surface area contributed by atoms with Crippen molar-refractivity contribution in [1.29, 1.82) is 0 Å². The summed E-state index contributed by atoms with van der Waals surface area (Å²) in [6, 6.07) is 0. The molecule has 11 heavy (non-hydrogen) atoms. The maximum Gasteiger partial charge on any atom is 0.136 e. The molecule has 0 bridgehead atoms. The maximum atomic E-state index is 5.80. The van der Waals surface area contributed by atoms with E-state index >= 15 is 0 Å². The third kappa shape index (κ3) is 1.77. The molecule has 3 heteroatoms. The molecule has 0 saturated carbocycles. The number of aromatic nitrogens is 2. The molecule has 0 spiro atoms. The van der Waals surface area contributed by atoms with Gasteiger partial charge in [-0.3, -0.25) is 0 Å². The van der Waals surface area contributed by atoms with Gasteiger partial charge in [-0.2, -0.15) is 0 Å². The second-order valence-electron chi connectivity index (χ2n) is 2.29. The highest BCUT2D eigenvalue weighted by Crippen LogP contribution is 2.21. The van der Waals surface area contributed by atoms with Gasteiger partial charge >= 0.3 is 0 Å². The molecule has 0 aliphatic carbocycles. The molecule has 0 aromatic carbocycles. The topological polar surface area (TPSA) is 25.8 Å². The van der Waals surface area contributed by atoms with Crippen LogP contribution in [0.5, 0.6) is 0 Å². The standard InChI is InChI=1S/C8H9ClN2/c1-3-6(2)7-4-10-5-11-8(7)9/h3-6H,1H2,2H3. The van der Waals surface area contributed by atoms with Gasteiger partial charge in [0.05, 0.1) is 0 Å². The van der Waals surface area contributed by atoms with Crippen molar-refractivity contribution >= 4 is 11.6 Å². The van der Waals surface area contributed by atoms with Gasteiger partial charge < -0.3 is 0 Å². The van der Waals surface area contributed by atoms with E-state index < -0.39 is 0 Å². The number of hydrogen-bond acceptors (Lipinski definition) is 2. The molecule has 0 radical (unpaired) electrons. The zero-order chi connectivity index (χ0) is 8.27. The van der Waals surface area contributed by atoms with Crippen LogP contribution in [0.3, 0.4) is 0 Å². The quantitative estimate of drug-likeness (QED) is 0.501. The Bertz CT molecular complexity index is 260. The molecular formula is C8H9ClN2. The minimum absolute atomic E-state index is 0.212. The Kier molecular flexibility index (Phi) is 2.60. The highest BCUT2D eigenvalue weighted by molar-refractivity contribution is 6.30. The van der Waals surface area contributed by atoms with E-state index in [4.69, 9.17) is 11.6 Å². The van der Waals surface area contributed by atoms with Gasteiger partial charge in [-0.1, -0.05) is 24.6 Å². The van der Waals surface area contributed by atoms with Gasteiger partial charge in [0.1, 0.15) is 11.5 Å². The van der Waals surface area contributed by atoms with Gasteiger partial charge in [0.2, 0.25) is 0 Å². The summed E-state index contributed by atoms with van der Waals surface area (Å²) in [6.07, 6.45) is 4.95. The van der Waals surface area contributed by atoms with Crippen LogP contribution in [0.2, 0.25) is 5.15 Å². The lowest BCUT2D eigenvalue weighted by atomic mass is 10.1. The molecule has 1 heterocycles. The van der Waals surface area contributed by atoms with E-state index in [1.165, 1.54) is 6.33 Å². The van der Waals surface area contributed by atoms with E-state index in [1.54, 1.807) is 6.20 Å². The van der Waals surface area contributed by atoms with Gasteiger partial charge in [0.15, 0.2) is 0 Å². The summed E-state index contributed by atoms with van der Waals surface area (Å²) < 4.78 is 0. The average Bonchev–Trinajstić information content (AvgIpc) is 2.04. The minimum atomic E-state index is 0.212. The van der Waals surface area contributed by atoms with Crippen molar-refractivity contribution in [2.45, 2.75) is 12.8 Å². The van der Waals surface area contributed by atoms with Crippen molar-refractivity contribution in [1.82, 2.24) is 9.97 Å². The normalized spacial score (nSPS) is 12.5. The van der Waals surface area contributed by atoms with Gasteiger partial charge in [-0.05, 0) is 0 Å². The number of nitrogens with zero attached hydrogens (tertiary/aromatic N) is 2. The number of rotatable bonds is 2. The number of allylic oxidation sites excluding steroid dienone is 1. The Morgan fingerprint density at radius 3 is 3.00 bits per heavy atom. The molecule has 0 aliphatic rings. The predicted molar refractivity (Wildman–Crippen MR) is 45.7 cm³/mol. The molecule has 0 aliphatic heterocycles. The van der Waals surface area contributed by atoms with E-state index in [1.807, 2.05) is 13.0 Å². The fraction of sp³-hybridized carbons (Fsp3) is 0.250. The fourth-order valence-electron chi connectivity index (χ4n) is 0.758. The Balaban J connectivity index is 3.02. The molecule has 0 saturated heterocycles. The molecule has 0 N–H and O–H groups in total. The van der Waals surface area contributed by atoms with Crippen LogP contribution in [0.25, 0.3) is 0 Å². The van der Waals surface area contributed by atoms with Crippen LogP contribution in [-0.2, 0) is 0 Å². The maximum absolute atomic E-state index is 5.80. The van der Waals surface area contributed by atoms with Crippen molar-refractivity contribution in [3.63, 3.8) is 0 Å². The molecule has 0 amide bonds. The SMILES string of the molecule is C=CC(C)c1cncnc1Cl. The molecule has 1 aromatic heterocycles. The van der Waals surface area contributed by atoms with Crippen LogP contribution in [0.15, 0.2) is 25.2 Å². The van der Waals surface area contributed by atoms with E-state index in [9.17, 15) is 0 Å². The third-order valence-corrected chi connectivity index (χ3v) is 1.85. The Hall–Kier alpha value is -0.890. The van der Waals surface area contributed by atoms with E-state index in [0.29, 0.717) is 5.15 Å². The van der Waals surface area contributed by atoms with Gasteiger partial charge in [0, 0.05) is 17.7 Å². The Labute approximate surface area is 70.9 Å². The van der Waals surface area contributed by atoms with Crippen molar-refractivity contribution in [3.8, 4) is 0 Å². The summed E-state index contributed by atoms with van der Waals surface area (Å²) >= 11 is 5.80. The zero-order valence-corrected chi connectivity index (χ0v) is 7.04. The van der Waals surface area contributed by atoms with Crippen molar-refractivity contribution in [2.24, 2.45) is 0 Å². The number of halogens is 1. The van der Waals surface area contributed by atoms with Crippen LogP contribution >= 0.6 is 11.6 Å². The first kappa shape index (κ1) is 8.21. The molecule has 1 rings (SSSR count). The van der Waals surface area contributed by atoms with Crippen LogP contribution in [0.4, 0.5) is 0 Å². The summed E-state index contributed by atoms with van der Waals surface area (Å²) in [5.41, 5.74) is 0.921. The molecule has 1 unspecified atom stereocenters. The largest absolute Gasteiger partial charge is 0.244 e.